The summed E-state index contributed by atoms with van der Waals surface area (Å²) in [5.41, 5.74) is -0.643. The van der Waals surface area contributed by atoms with Gasteiger partial charge < -0.3 is 19.7 Å². The van der Waals surface area contributed by atoms with E-state index in [1.165, 1.54) is 10.8 Å². The number of aryl methyl sites for hydroxylation is 1. The first-order valence-corrected chi connectivity index (χ1v) is 7.56. The van der Waals surface area contributed by atoms with Gasteiger partial charge in [0.2, 0.25) is 0 Å². The van der Waals surface area contributed by atoms with Gasteiger partial charge in [-0.3, -0.25) is 14.3 Å². The van der Waals surface area contributed by atoms with Gasteiger partial charge in [0.1, 0.15) is 18.1 Å². The van der Waals surface area contributed by atoms with Gasteiger partial charge in [0.15, 0.2) is 0 Å². The molecule has 1 aromatic rings. The van der Waals surface area contributed by atoms with Crippen LogP contribution in [0.25, 0.3) is 0 Å². The van der Waals surface area contributed by atoms with E-state index in [1.54, 1.807) is 13.8 Å². The highest BCUT2D eigenvalue weighted by Crippen LogP contribution is 2.27. The maximum atomic E-state index is 11.6. The Morgan fingerprint density at radius 1 is 1.48 bits per heavy atom. The Balaban J connectivity index is 0.000000379. The number of carbonyl (C=O) groups is 1. The Kier molecular flexibility index (Phi) is 7.34. The maximum absolute atomic E-state index is 11.6. The van der Waals surface area contributed by atoms with Crippen molar-refractivity contribution in [3.05, 3.63) is 32.6 Å². The zero-order chi connectivity index (χ0) is 17.6. The molecule has 0 spiro atoms. The number of ether oxygens (including phenoxy) is 1. The van der Waals surface area contributed by atoms with E-state index in [9.17, 15) is 19.5 Å². The van der Waals surface area contributed by atoms with Crippen LogP contribution in [-0.2, 0) is 9.53 Å². The van der Waals surface area contributed by atoms with Gasteiger partial charge in [-0.25, -0.2) is 4.79 Å². The van der Waals surface area contributed by atoms with Crippen molar-refractivity contribution in [3.63, 3.8) is 0 Å². The number of aromatic nitrogens is 2. The van der Waals surface area contributed by atoms with Crippen LogP contribution in [0.4, 0.5) is 0 Å². The van der Waals surface area contributed by atoms with Gasteiger partial charge in [-0.05, 0) is 20.3 Å². The van der Waals surface area contributed by atoms with Crippen molar-refractivity contribution in [1.82, 2.24) is 9.55 Å². The van der Waals surface area contributed by atoms with E-state index >= 15 is 0 Å². The lowest BCUT2D eigenvalue weighted by molar-refractivity contribution is -0.117. The molecule has 0 amide bonds. The molecule has 1 saturated heterocycles. The van der Waals surface area contributed by atoms with Crippen molar-refractivity contribution >= 4 is 5.78 Å². The summed E-state index contributed by atoms with van der Waals surface area (Å²) in [5, 5.41) is 18.5. The molecule has 0 radical (unpaired) electrons. The minimum atomic E-state index is -0.816. The Hall–Kier alpha value is -1.77. The Bertz CT molecular complexity index is 636. The molecule has 0 saturated carbocycles. The third-order valence-corrected chi connectivity index (χ3v) is 3.44. The number of Topliss-reactive ketones (excluding diaryl/α,β-unsaturated/α-hetero) is 1. The monoisotopic (exact) mass is 328 g/mol. The molecule has 8 heteroatoms. The average molecular weight is 328 g/mol. The van der Waals surface area contributed by atoms with Gasteiger partial charge in [-0.2, -0.15) is 0 Å². The van der Waals surface area contributed by atoms with Gasteiger partial charge in [0.25, 0.3) is 5.56 Å². The summed E-state index contributed by atoms with van der Waals surface area (Å²) in [6, 6.07) is 0. The molecule has 1 fully saturated rings. The second kappa shape index (κ2) is 8.76. The normalized spacial score (nSPS) is 23.3. The van der Waals surface area contributed by atoms with Gasteiger partial charge in [0, 0.05) is 24.6 Å². The van der Waals surface area contributed by atoms with Crippen LogP contribution in [0.5, 0.6) is 0 Å². The summed E-state index contributed by atoms with van der Waals surface area (Å²) >= 11 is 0. The standard InChI is InChI=1S/C10H14N2O5.C5H10O/c1-5-3-12(10(16)11-9(5)15)8-2-6(14)7(4-13)17-8;1-3-4-5(2)6/h3,6-8,13-14H,2,4H2,1H3,(H,11,15,16);3-4H2,1-2H3/t6-,7?,8-;/m1./s1. The summed E-state index contributed by atoms with van der Waals surface area (Å²) < 4.78 is 6.54. The van der Waals surface area contributed by atoms with E-state index < -0.39 is 29.7 Å². The van der Waals surface area contributed by atoms with E-state index in [0.29, 0.717) is 5.56 Å². The Labute approximate surface area is 133 Å². The summed E-state index contributed by atoms with van der Waals surface area (Å²) in [5.74, 6) is 0.289. The number of hydrogen-bond donors (Lipinski definition) is 3. The highest BCUT2D eigenvalue weighted by molar-refractivity contribution is 5.75. The van der Waals surface area contributed by atoms with Crippen molar-refractivity contribution in [2.24, 2.45) is 0 Å². The quantitative estimate of drug-likeness (QED) is 0.707. The third kappa shape index (κ3) is 5.42. The zero-order valence-corrected chi connectivity index (χ0v) is 13.6. The van der Waals surface area contributed by atoms with Gasteiger partial charge in [0.05, 0.1) is 12.7 Å². The molecule has 0 bridgehead atoms. The first kappa shape index (κ1) is 19.3. The first-order chi connectivity index (χ1) is 10.8. The van der Waals surface area contributed by atoms with Gasteiger partial charge in [-0.1, -0.05) is 6.92 Å². The molecule has 1 unspecified atom stereocenters. The fraction of sp³-hybridized carbons (Fsp3) is 0.667. The third-order valence-electron chi connectivity index (χ3n) is 3.44. The molecule has 0 aromatic carbocycles. The molecule has 23 heavy (non-hydrogen) atoms. The van der Waals surface area contributed by atoms with Crippen LogP contribution < -0.4 is 11.2 Å². The minimum absolute atomic E-state index is 0.205. The summed E-state index contributed by atoms with van der Waals surface area (Å²) in [4.78, 5) is 35.0. The smallest absolute Gasteiger partial charge is 0.330 e. The highest BCUT2D eigenvalue weighted by Gasteiger charge is 2.34. The number of carbonyl (C=O) groups excluding carboxylic acids is 1. The van der Waals surface area contributed by atoms with Crippen LogP contribution in [0, 0.1) is 6.92 Å². The molecule has 2 rings (SSSR count). The van der Waals surface area contributed by atoms with Crippen LogP contribution in [-0.4, -0.2) is 44.4 Å². The molecule has 1 aliphatic rings. The van der Waals surface area contributed by atoms with Crippen molar-refractivity contribution in [1.29, 1.82) is 0 Å². The van der Waals surface area contributed by atoms with Crippen molar-refractivity contribution in [2.45, 2.75) is 58.5 Å². The average Bonchev–Trinajstić information content (AvgIpc) is 2.84. The number of rotatable bonds is 4. The van der Waals surface area contributed by atoms with Crippen LogP contribution in [0.3, 0.4) is 0 Å². The van der Waals surface area contributed by atoms with E-state index in [1.807, 2.05) is 6.92 Å². The zero-order valence-electron chi connectivity index (χ0n) is 13.6. The molecule has 2 heterocycles. The lowest BCUT2D eigenvalue weighted by Crippen LogP contribution is -2.33. The molecule has 8 nitrogen and oxygen atoms in total. The fourth-order valence-corrected chi connectivity index (χ4v) is 2.20. The van der Waals surface area contributed by atoms with Crippen LogP contribution in [0.2, 0.25) is 0 Å². The van der Waals surface area contributed by atoms with Crippen molar-refractivity contribution in [2.75, 3.05) is 6.61 Å². The SMILES string of the molecule is CCCC(C)=O.Cc1cn([C@H]2C[C@@H](O)C(CO)O2)c(=O)[nH]c1=O. The van der Waals surface area contributed by atoms with Crippen molar-refractivity contribution in [3.8, 4) is 0 Å². The highest BCUT2D eigenvalue weighted by atomic mass is 16.5. The van der Waals surface area contributed by atoms with Crippen LogP contribution in [0.15, 0.2) is 15.8 Å². The van der Waals surface area contributed by atoms with E-state index in [0.717, 1.165) is 12.8 Å². The number of aliphatic hydroxyl groups is 2. The van der Waals surface area contributed by atoms with Gasteiger partial charge >= 0.3 is 5.69 Å². The van der Waals surface area contributed by atoms with E-state index in [2.05, 4.69) is 4.98 Å². The summed E-state index contributed by atoms with van der Waals surface area (Å²) in [6.45, 7) is 4.88. The molecule has 3 N–H and O–H groups in total. The molecular weight excluding hydrogens is 304 g/mol. The van der Waals surface area contributed by atoms with Crippen LogP contribution in [0.1, 0.15) is 44.9 Å². The molecule has 130 valence electrons. The van der Waals surface area contributed by atoms with Crippen molar-refractivity contribution < 1.29 is 19.7 Å². The number of nitrogens with one attached hydrogen (secondary N) is 1. The first-order valence-electron chi connectivity index (χ1n) is 7.56. The maximum Gasteiger partial charge on any atom is 0.330 e. The molecule has 0 aliphatic carbocycles. The second-order valence-corrected chi connectivity index (χ2v) is 5.55. The molecule has 1 aliphatic heterocycles. The van der Waals surface area contributed by atoms with Crippen LogP contribution >= 0.6 is 0 Å². The number of aromatic amines is 1. The lowest BCUT2D eigenvalue weighted by Gasteiger charge is -2.14. The van der Waals surface area contributed by atoms with Gasteiger partial charge in [-0.15, -0.1) is 0 Å². The number of hydrogen-bond acceptors (Lipinski definition) is 6. The van der Waals surface area contributed by atoms with E-state index in [-0.39, 0.29) is 18.8 Å². The topological polar surface area (TPSA) is 122 Å². The predicted molar refractivity (Wildman–Crippen MR) is 83.3 cm³/mol. The lowest BCUT2D eigenvalue weighted by atomic mass is 10.2. The summed E-state index contributed by atoms with van der Waals surface area (Å²) in [7, 11) is 0. The minimum Gasteiger partial charge on any atom is -0.394 e. The Morgan fingerprint density at radius 2 is 2.13 bits per heavy atom. The summed E-state index contributed by atoms with van der Waals surface area (Å²) in [6.07, 6.45) is 1.14. The molecule has 3 atom stereocenters. The Morgan fingerprint density at radius 3 is 2.57 bits per heavy atom. The number of H-pyrrole nitrogens is 1. The molecule has 1 aromatic heterocycles. The fourth-order valence-electron chi connectivity index (χ4n) is 2.20. The largest absolute Gasteiger partial charge is 0.394 e. The second-order valence-electron chi connectivity index (χ2n) is 5.55. The predicted octanol–water partition coefficient (Wildman–Crippen LogP) is -0.139. The number of aliphatic hydroxyl groups excluding tert-OH is 2. The number of ketones is 1. The molecular formula is C15H24N2O6. The number of nitrogens with zero attached hydrogens (tertiary/aromatic N) is 1. The van der Waals surface area contributed by atoms with E-state index in [4.69, 9.17) is 9.84 Å².